The average Bonchev–Trinajstić information content (AvgIpc) is 2.41. The van der Waals surface area contributed by atoms with E-state index in [1.54, 1.807) is 24.3 Å². The predicted octanol–water partition coefficient (Wildman–Crippen LogP) is 3.20. The Morgan fingerprint density at radius 2 is 2.00 bits per heavy atom. The van der Waals surface area contributed by atoms with Crippen molar-refractivity contribution in [2.45, 2.75) is 6.54 Å². The molecule has 0 atom stereocenters. The molecule has 2 aromatic rings. The van der Waals surface area contributed by atoms with E-state index in [2.05, 4.69) is 15.6 Å². The molecule has 4 nitrogen and oxygen atoms in total. The third kappa shape index (κ3) is 3.93. The lowest BCUT2D eigenvalue weighted by molar-refractivity contribution is 0.251. The van der Waals surface area contributed by atoms with Crippen LogP contribution in [0.15, 0.2) is 42.6 Å². The van der Waals surface area contributed by atoms with Crippen molar-refractivity contribution in [3.05, 3.63) is 59.1 Å². The van der Waals surface area contributed by atoms with E-state index < -0.39 is 6.03 Å². The summed E-state index contributed by atoms with van der Waals surface area (Å²) in [4.78, 5) is 15.5. The van der Waals surface area contributed by atoms with Crippen LogP contribution in [0, 0.1) is 5.82 Å². The van der Waals surface area contributed by atoms with Gasteiger partial charge in [-0.15, -0.1) is 0 Å². The fourth-order valence-electron chi connectivity index (χ4n) is 1.43. The van der Waals surface area contributed by atoms with Crippen LogP contribution < -0.4 is 10.6 Å². The summed E-state index contributed by atoms with van der Waals surface area (Å²) in [6.07, 6.45) is 1.53. The summed E-state index contributed by atoms with van der Waals surface area (Å²) in [7, 11) is 0. The summed E-state index contributed by atoms with van der Waals surface area (Å²) in [5.74, 6) is -0.310. The minimum atomic E-state index is -0.403. The van der Waals surface area contributed by atoms with Gasteiger partial charge in [0.2, 0.25) is 0 Å². The summed E-state index contributed by atoms with van der Waals surface area (Å²) < 4.78 is 12.7. The Balaban J connectivity index is 1.88. The standard InChI is InChI=1S/C13H11ClFN3O/c14-12-11(2-1-7-16-12)18-13(19)17-8-9-3-5-10(15)6-4-9/h1-7H,8H2,(H2,17,18,19). The molecule has 98 valence electrons. The van der Waals surface area contributed by atoms with Crippen LogP contribution in [0.3, 0.4) is 0 Å². The van der Waals surface area contributed by atoms with Crippen molar-refractivity contribution >= 4 is 23.3 Å². The van der Waals surface area contributed by atoms with E-state index in [1.807, 2.05) is 0 Å². The number of hydrogen-bond donors (Lipinski definition) is 2. The molecule has 2 rings (SSSR count). The Bertz CT molecular complexity index is 574. The lowest BCUT2D eigenvalue weighted by atomic mass is 10.2. The van der Waals surface area contributed by atoms with Gasteiger partial charge in [-0.3, -0.25) is 0 Å². The van der Waals surface area contributed by atoms with E-state index in [9.17, 15) is 9.18 Å². The molecule has 0 radical (unpaired) electrons. The van der Waals surface area contributed by atoms with Gasteiger partial charge in [0.15, 0.2) is 5.15 Å². The first-order valence-electron chi connectivity index (χ1n) is 5.55. The van der Waals surface area contributed by atoms with Crippen molar-refractivity contribution in [3.8, 4) is 0 Å². The zero-order valence-corrected chi connectivity index (χ0v) is 10.6. The molecule has 2 N–H and O–H groups in total. The third-order valence-corrected chi connectivity index (χ3v) is 2.67. The van der Waals surface area contributed by atoms with Gasteiger partial charge in [-0.1, -0.05) is 23.7 Å². The van der Waals surface area contributed by atoms with Crippen molar-refractivity contribution in [3.63, 3.8) is 0 Å². The molecule has 0 saturated heterocycles. The molecule has 0 unspecified atom stereocenters. The van der Waals surface area contributed by atoms with E-state index in [0.29, 0.717) is 12.2 Å². The summed E-state index contributed by atoms with van der Waals surface area (Å²) in [5, 5.41) is 5.43. The normalized spacial score (nSPS) is 10.0. The van der Waals surface area contributed by atoms with E-state index >= 15 is 0 Å². The highest BCUT2D eigenvalue weighted by Crippen LogP contribution is 2.16. The average molecular weight is 280 g/mol. The SMILES string of the molecule is O=C(NCc1ccc(F)cc1)Nc1cccnc1Cl. The van der Waals surface area contributed by atoms with Gasteiger partial charge in [0.25, 0.3) is 0 Å². The minimum Gasteiger partial charge on any atom is -0.334 e. The third-order valence-electron chi connectivity index (χ3n) is 2.37. The fraction of sp³-hybridized carbons (Fsp3) is 0.0769. The number of pyridine rings is 1. The first kappa shape index (κ1) is 13.3. The molecule has 1 heterocycles. The highest BCUT2D eigenvalue weighted by Gasteiger charge is 2.05. The summed E-state index contributed by atoms with van der Waals surface area (Å²) in [6, 6.07) is 8.80. The lowest BCUT2D eigenvalue weighted by Gasteiger charge is -2.08. The maximum atomic E-state index is 12.7. The Morgan fingerprint density at radius 1 is 1.26 bits per heavy atom. The highest BCUT2D eigenvalue weighted by atomic mass is 35.5. The van der Waals surface area contributed by atoms with Crippen LogP contribution in [0.1, 0.15) is 5.56 Å². The number of amides is 2. The lowest BCUT2D eigenvalue weighted by Crippen LogP contribution is -2.28. The highest BCUT2D eigenvalue weighted by molar-refractivity contribution is 6.32. The van der Waals surface area contributed by atoms with Gasteiger partial charge < -0.3 is 10.6 Å². The Hall–Kier alpha value is -2.14. The van der Waals surface area contributed by atoms with Crippen LogP contribution in [0.2, 0.25) is 5.15 Å². The van der Waals surface area contributed by atoms with Crippen LogP contribution in [0.5, 0.6) is 0 Å². The summed E-state index contributed by atoms with van der Waals surface area (Å²) >= 11 is 5.81. The monoisotopic (exact) mass is 279 g/mol. The van der Waals surface area contributed by atoms with Crippen molar-refractivity contribution in [1.29, 1.82) is 0 Å². The number of urea groups is 1. The molecule has 0 aliphatic rings. The molecule has 19 heavy (non-hydrogen) atoms. The topological polar surface area (TPSA) is 54.0 Å². The van der Waals surface area contributed by atoms with E-state index in [1.165, 1.54) is 18.3 Å². The number of benzene rings is 1. The van der Waals surface area contributed by atoms with Gasteiger partial charge in [0.1, 0.15) is 5.82 Å². The van der Waals surface area contributed by atoms with Crippen molar-refractivity contribution in [2.75, 3.05) is 5.32 Å². The van der Waals surface area contributed by atoms with Gasteiger partial charge in [0.05, 0.1) is 5.69 Å². The number of carbonyl (C=O) groups is 1. The summed E-state index contributed by atoms with van der Waals surface area (Å²) in [6.45, 7) is 0.296. The van der Waals surface area contributed by atoms with Crippen molar-refractivity contribution in [2.24, 2.45) is 0 Å². The van der Waals surface area contributed by atoms with Gasteiger partial charge in [-0.25, -0.2) is 14.2 Å². The molecule has 0 aliphatic heterocycles. The fourth-order valence-corrected chi connectivity index (χ4v) is 1.60. The first-order valence-corrected chi connectivity index (χ1v) is 5.93. The Morgan fingerprint density at radius 3 is 2.68 bits per heavy atom. The van der Waals surface area contributed by atoms with E-state index in [-0.39, 0.29) is 11.0 Å². The molecule has 0 spiro atoms. The second kappa shape index (κ2) is 6.15. The smallest absolute Gasteiger partial charge is 0.319 e. The maximum absolute atomic E-state index is 12.7. The van der Waals surface area contributed by atoms with Crippen LogP contribution in [0.25, 0.3) is 0 Å². The van der Waals surface area contributed by atoms with Gasteiger partial charge >= 0.3 is 6.03 Å². The zero-order chi connectivity index (χ0) is 13.7. The van der Waals surface area contributed by atoms with Crippen molar-refractivity contribution in [1.82, 2.24) is 10.3 Å². The number of halogens is 2. The largest absolute Gasteiger partial charge is 0.334 e. The Kier molecular flexibility index (Phi) is 4.30. The number of nitrogens with one attached hydrogen (secondary N) is 2. The number of nitrogens with zero attached hydrogens (tertiary/aromatic N) is 1. The zero-order valence-electron chi connectivity index (χ0n) is 9.86. The number of anilines is 1. The Labute approximate surface area is 114 Å². The predicted molar refractivity (Wildman–Crippen MR) is 71.5 cm³/mol. The number of carbonyl (C=O) groups excluding carboxylic acids is 1. The van der Waals surface area contributed by atoms with E-state index in [4.69, 9.17) is 11.6 Å². The second-order valence-corrected chi connectivity index (χ2v) is 4.13. The summed E-state index contributed by atoms with van der Waals surface area (Å²) in [5.41, 5.74) is 1.23. The molecular formula is C13H11ClFN3O. The molecule has 0 fully saturated rings. The molecule has 0 bridgehead atoms. The van der Waals surface area contributed by atoms with Crippen LogP contribution in [-0.4, -0.2) is 11.0 Å². The van der Waals surface area contributed by atoms with Crippen molar-refractivity contribution < 1.29 is 9.18 Å². The van der Waals surface area contributed by atoms with Gasteiger partial charge in [-0.2, -0.15) is 0 Å². The van der Waals surface area contributed by atoms with Crippen LogP contribution >= 0.6 is 11.6 Å². The number of hydrogen-bond acceptors (Lipinski definition) is 2. The molecule has 0 aliphatic carbocycles. The number of aromatic nitrogens is 1. The molecule has 6 heteroatoms. The van der Waals surface area contributed by atoms with Gasteiger partial charge in [0, 0.05) is 12.7 Å². The second-order valence-electron chi connectivity index (χ2n) is 3.78. The van der Waals surface area contributed by atoms with Crippen LogP contribution in [0.4, 0.5) is 14.9 Å². The van der Waals surface area contributed by atoms with Gasteiger partial charge in [-0.05, 0) is 29.8 Å². The van der Waals surface area contributed by atoms with Crippen LogP contribution in [-0.2, 0) is 6.54 Å². The molecule has 0 saturated carbocycles. The molecular weight excluding hydrogens is 269 g/mol. The molecule has 1 aromatic heterocycles. The maximum Gasteiger partial charge on any atom is 0.319 e. The number of rotatable bonds is 3. The molecule has 1 aromatic carbocycles. The molecule has 2 amide bonds. The van der Waals surface area contributed by atoms with E-state index in [0.717, 1.165) is 5.56 Å². The first-order chi connectivity index (χ1) is 9.15. The minimum absolute atomic E-state index is 0.222. The quantitative estimate of drug-likeness (QED) is 0.848.